The molecule has 0 radical (unpaired) electrons. The molecule has 0 aliphatic rings. The molecule has 0 aliphatic heterocycles. The van der Waals surface area contributed by atoms with Gasteiger partial charge in [0.25, 0.3) is 8.32 Å². The van der Waals surface area contributed by atoms with Crippen molar-refractivity contribution in [1.29, 1.82) is 0 Å². The Morgan fingerprint density at radius 1 is 0.805 bits per heavy atom. The van der Waals surface area contributed by atoms with Gasteiger partial charge in [0.1, 0.15) is 6.79 Å². The van der Waals surface area contributed by atoms with Crippen LogP contribution in [0.15, 0.2) is 72.8 Å². The van der Waals surface area contributed by atoms with Gasteiger partial charge in [0.05, 0.1) is 18.8 Å². The van der Waals surface area contributed by atoms with Crippen molar-refractivity contribution in [2.45, 2.75) is 96.7 Å². The molecule has 7 heteroatoms. The van der Waals surface area contributed by atoms with Crippen LogP contribution in [0.2, 0.25) is 23.2 Å². The molecule has 2 aromatic rings. The monoisotopic (exact) mass is 600 g/mol. The quantitative estimate of drug-likeness (QED) is 0.129. The third-order valence-corrected chi connectivity index (χ3v) is 17.9. The number of aliphatic hydroxyl groups is 1. The maximum atomic E-state index is 9.38. The first-order chi connectivity index (χ1) is 19.2. The average Bonchev–Trinajstić information content (AvgIpc) is 2.90. The normalized spacial score (nSPS) is 15.7. The maximum absolute atomic E-state index is 9.38. The van der Waals surface area contributed by atoms with Crippen molar-refractivity contribution >= 4 is 27.0 Å². The molecule has 0 amide bonds. The molecule has 41 heavy (non-hydrogen) atoms. The Morgan fingerprint density at radius 2 is 1.34 bits per heavy atom. The second kappa shape index (κ2) is 15.8. The van der Waals surface area contributed by atoms with Crippen LogP contribution >= 0.6 is 0 Å². The molecule has 0 saturated heterocycles. The van der Waals surface area contributed by atoms with Crippen LogP contribution in [0.3, 0.4) is 0 Å². The van der Waals surface area contributed by atoms with Gasteiger partial charge in [-0.15, -0.1) is 0 Å². The number of rotatable bonds is 16. The van der Waals surface area contributed by atoms with Crippen LogP contribution < -0.4 is 10.4 Å². The lowest BCUT2D eigenvalue weighted by Crippen LogP contribution is -2.66. The van der Waals surface area contributed by atoms with Crippen molar-refractivity contribution in [3.63, 3.8) is 0 Å². The summed E-state index contributed by atoms with van der Waals surface area (Å²) in [5.41, 5.74) is 0. The number of benzene rings is 2. The van der Waals surface area contributed by atoms with Crippen molar-refractivity contribution in [2.75, 3.05) is 27.1 Å². The molecule has 230 valence electrons. The van der Waals surface area contributed by atoms with Crippen molar-refractivity contribution < 1.29 is 23.4 Å². The molecule has 3 atom stereocenters. The van der Waals surface area contributed by atoms with Crippen LogP contribution in [0.5, 0.6) is 0 Å². The highest BCUT2D eigenvalue weighted by molar-refractivity contribution is 6.99. The van der Waals surface area contributed by atoms with E-state index in [1.54, 1.807) is 13.2 Å². The van der Waals surface area contributed by atoms with Gasteiger partial charge in [-0.1, -0.05) is 121 Å². The van der Waals surface area contributed by atoms with Gasteiger partial charge in [-0.3, -0.25) is 0 Å². The highest BCUT2D eigenvalue weighted by Crippen LogP contribution is 2.39. The van der Waals surface area contributed by atoms with E-state index in [2.05, 4.69) is 122 Å². The molecule has 0 unspecified atom stereocenters. The Bertz CT molecular complexity index is 989. The van der Waals surface area contributed by atoms with E-state index in [1.165, 1.54) is 10.4 Å². The number of hydrogen-bond donors (Lipinski definition) is 1. The minimum Gasteiger partial charge on any atom is -0.411 e. The van der Waals surface area contributed by atoms with Crippen molar-refractivity contribution in [3.05, 3.63) is 72.8 Å². The van der Waals surface area contributed by atoms with E-state index in [9.17, 15) is 5.11 Å². The van der Waals surface area contributed by atoms with Crippen LogP contribution in [-0.2, 0) is 18.3 Å². The van der Waals surface area contributed by atoms with Crippen LogP contribution in [0.25, 0.3) is 0 Å². The molecule has 2 aromatic carbocycles. The fraction of sp³-hybridized carbons (Fsp3) is 0.588. The third-order valence-electron chi connectivity index (χ3n) is 8.34. The first kappa shape index (κ1) is 35.6. The summed E-state index contributed by atoms with van der Waals surface area (Å²) in [5.74, 6) is 0.214. The second-order valence-corrected chi connectivity index (χ2v) is 22.8. The van der Waals surface area contributed by atoms with Crippen molar-refractivity contribution in [3.8, 4) is 0 Å². The smallest absolute Gasteiger partial charge is 0.261 e. The lowest BCUT2D eigenvalue weighted by molar-refractivity contribution is -0.115. The van der Waals surface area contributed by atoms with Crippen LogP contribution in [-0.4, -0.2) is 61.1 Å². The first-order valence-corrected chi connectivity index (χ1v) is 19.8. The Kier molecular flexibility index (Phi) is 13.7. The van der Waals surface area contributed by atoms with Crippen LogP contribution in [0.4, 0.5) is 0 Å². The fourth-order valence-corrected chi connectivity index (χ4v) is 11.2. The van der Waals surface area contributed by atoms with Crippen molar-refractivity contribution in [1.82, 2.24) is 0 Å². The zero-order valence-corrected chi connectivity index (χ0v) is 29.3. The molecule has 0 bridgehead atoms. The molecular formula is C34H56O5Si2. The average molecular weight is 601 g/mol. The molecule has 0 spiro atoms. The summed E-state index contributed by atoms with van der Waals surface area (Å²) in [5, 5.41) is 11.9. The van der Waals surface area contributed by atoms with E-state index < -0.39 is 16.6 Å². The SMILES string of the molecule is COCO[C@@H](C[C@@H](C)CO[Si](c1ccccc1)(c1ccccc1)C(C)(C)C)[C@H](C/C=C/CO)O[Si](C)(C)C(C)(C)C. The second-order valence-electron chi connectivity index (χ2n) is 13.7. The molecule has 0 fully saturated rings. The van der Waals surface area contributed by atoms with E-state index in [4.69, 9.17) is 18.3 Å². The summed E-state index contributed by atoms with van der Waals surface area (Å²) in [6.45, 7) is 21.3. The zero-order chi connectivity index (χ0) is 30.7. The predicted octanol–water partition coefficient (Wildman–Crippen LogP) is 6.91. The molecular weight excluding hydrogens is 545 g/mol. The molecule has 0 aromatic heterocycles. The van der Waals surface area contributed by atoms with Gasteiger partial charge in [0.15, 0.2) is 8.32 Å². The van der Waals surface area contributed by atoms with Crippen LogP contribution in [0, 0.1) is 5.92 Å². The van der Waals surface area contributed by atoms with E-state index in [0.29, 0.717) is 13.0 Å². The largest absolute Gasteiger partial charge is 0.411 e. The van der Waals surface area contributed by atoms with Crippen molar-refractivity contribution in [2.24, 2.45) is 5.92 Å². The topological polar surface area (TPSA) is 57.2 Å². The Balaban J connectivity index is 2.40. The third kappa shape index (κ3) is 9.71. The summed E-state index contributed by atoms with van der Waals surface area (Å²) in [4.78, 5) is 0. The maximum Gasteiger partial charge on any atom is 0.261 e. The summed E-state index contributed by atoms with van der Waals surface area (Å²) in [7, 11) is -3.06. The van der Waals surface area contributed by atoms with E-state index in [-0.39, 0.29) is 41.6 Å². The van der Waals surface area contributed by atoms with Crippen LogP contribution in [0.1, 0.15) is 61.3 Å². The lowest BCUT2D eigenvalue weighted by atomic mass is 9.99. The summed E-state index contributed by atoms with van der Waals surface area (Å²) < 4.78 is 25.8. The van der Waals surface area contributed by atoms with Gasteiger partial charge in [-0.25, -0.2) is 0 Å². The highest BCUT2D eigenvalue weighted by atomic mass is 28.4. The number of methoxy groups -OCH3 is 1. The fourth-order valence-electron chi connectivity index (χ4n) is 5.11. The molecule has 0 saturated carbocycles. The lowest BCUT2D eigenvalue weighted by Gasteiger charge is -2.44. The molecule has 0 heterocycles. The summed E-state index contributed by atoms with van der Waals surface area (Å²) >= 11 is 0. The Morgan fingerprint density at radius 3 is 1.78 bits per heavy atom. The number of hydrogen-bond acceptors (Lipinski definition) is 5. The van der Waals surface area contributed by atoms with Gasteiger partial charge in [-0.05, 0) is 52.3 Å². The molecule has 1 N–H and O–H groups in total. The summed E-state index contributed by atoms with van der Waals surface area (Å²) in [6.07, 6.45) is 4.90. The van der Waals surface area contributed by atoms with Gasteiger partial charge >= 0.3 is 0 Å². The zero-order valence-electron chi connectivity index (χ0n) is 27.3. The van der Waals surface area contributed by atoms with Gasteiger partial charge in [-0.2, -0.15) is 0 Å². The highest BCUT2D eigenvalue weighted by Gasteiger charge is 2.50. The molecule has 5 nitrogen and oxygen atoms in total. The van der Waals surface area contributed by atoms with E-state index in [0.717, 1.165) is 6.42 Å². The Labute approximate surface area is 252 Å². The minimum atomic E-state index is -2.63. The van der Waals surface area contributed by atoms with E-state index >= 15 is 0 Å². The summed E-state index contributed by atoms with van der Waals surface area (Å²) in [6, 6.07) is 21.6. The predicted molar refractivity (Wildman–Crippen MR) is 177 cm³/mol. The van der Waals surface area contributed by atoms with Gasteiger partial charge in [0, 0.05) is 13.7 Å². The number of aliphatic hydroxyl groups excluding tert-OH is 1. The van der Waals surface area contributed by atoms with E-state index in [1.807, 2.05) is 6.08 Å². The van der Waals surface area contributed by atoms with Gasteiger partial charge in [0.2, 0.25) is 0 Å². The minimum absolute atomic E-state index is 0.0130. The number of ether oxygens (including phenoxy) is 2. The van der Waals surface area contributed by atoms with Gasteiger partial charge < -0.3 is 23.4 Å². The standard InChI is InChI=1S/C34H56O5Si2/c1-28(25-32(37-27-36-8)31(23-17-18-24-35)39-40(9,10)33(2,3)4)26-38-41(34(5,6)7,29-19-13-11-14-20-29)30-21-15-12-16-22-30/h11-22,28,31-32,35H,23-27H2,1-10H3/b18-17+/t28-,31+,32+/m1/s1. The first-order valence-electron chi connectivity index (χ1n) is 15.0. The molecule has 2 rings (SSSR count). The Hall–Kier alpha value is -1.59. The molecule has 0 aliphatic carbocycles.